The summed E-state index contributed by atoms with van der Waals surface area (Å²) >= 11 is 0. The molecular weight excluding hydrogens is 252 g/mol. The third-order valence-corrected chi connectivity index (χ3v) is 2.30. The molecule has 18 heavy (non-hydrogen) atoms. The molecular formula is C12H14F4O2. The van der Waals surface area contributed by atoms with Crippen LogP contribution >= 0.6 is 0 Å². The van der Waals surface area contributed by atoms with Crippen LogP contribution in [0.4, 0.5) is 17.6 Å². The summed E-state index contributed by atoms with van der Waals surface area (Å²) in [5.74, 6) is -1.42. The van der Waals surface area contributed by atoms with E-state index in [0.29, 0.717) is 12.1 Å². The molecule has 0 bridgehead atoms. The van der Waals surface area contributed by atoms with E-state index < -0.39 is 23.0 Å². The second-order valence-corrected chi connectivity index (χ2v) is 4.75. The number of hydrogen-bond acceptors (Lipinski definition) is 2. The highest BCUT2D eigenvalue weighted by atomic mass is 19.4. The predicted molar refractivity (Wildman–Crippen MR) is 57.8 cm³/mol. The standard InChI is InChI=1S/C12H14F4O2/c1-11(2,6-17)7-18-8-3-4-10(13)9(5-8)12(14,15)16/h3-5,17H,6-7H2,1-2H3. The second kappa shape index (κ2) is 5.14. The maximum atomic E-state index is 13.0. The van der Waals surface area contributed by atoms with Gasteiger partial charge >= 0.3 is 6.18 Å². The van der Waals surface area contributed by atoms with Crippen molar-refractivity contribution in [1.29, 1.82) is 0 Å². The van der Waals surface area contributed by atoms with Gasteiger partial charge in [0.2, 0.25) is 0 Å². The lowest BCUT2D eigenvalue weighted by Crippen LogP contribution is -2.25. The van der Waals surface area contributed by atoms with Gasteiger partial charge < -0.3 is 9.84 Å². The first-order chi connectivity index (χ1) is 8.15. The zero-order valence-corrected chi connectivity index (χ0v) is 10.0. The van der Waals surface area contributed by atoms with Gasteiger partial charge in [-0.1, -0.05) is 13.8 Å². The van der Waals surface area contributed by atoms with E-state index in [9.17, 15) is 17.6 Å². The van der Waals surface area contributed by atoms with Crippen LogP contribution in [0.1, 0.15) is 19.4 Å². The molecule has 1 rings (SSSR count). The molecule has 0 atom stereocenters. The minimum atomic E-state index is -4.75. The first-order valence-corrected chi connectivity index (χ1v) is 5.26. The van der Waals surface area contributed by atoms with Crippen LogP contribution < -0.4 is 4.74 Å². The normalized spacial score (nSPS) is 12.6. The minimum Gasteiger partial charge on any atom is -0.493 e. The summed E-state index contributed by atoms with van der Waals surface area (Å²) in [6.07, 6.45) is -4.75. The lowest BCUT2D eigenvalue weighted by molar-refractivity contribution is -0.140. The van der Waals surface area contributed by atoms with Crippen LogP contribution in [0.25, 0.3) is 0 Å². The first-order valence-electron chi connectivity index (χ1n) is 5.26. The molecule has 1 N–H and O–H groups in total. The van der Waals surface area contributed by atoms with E-state index in [1.54, 1.807) is 13.8 Å². The number of rotatable bonds is 4. The predicted octanol–water partition coefficient (Wildman–Crippen LogP) is 3.24. The third-order valence-electron chi connectivity index (χ3n) is 2.30. The van der Waals surface area contributed by atoms with E-state index >= 15 is 0 Å². The van der Waals surface area contributed by atoms with Gasteiger partial charge in [0, 0.05) is 5.41 Å². The maximum Gasteiger partial charge on any atom is 0.419 e. The van der Waals surface area contributed by atoms with Crippen molar-refractivity contribution in [2.75, 3.05) is 13.2 Å². The lowest BCUT2D eigenvalue weighted by Gasteiger charge is -2.22. The van der Waals surface area contributed by atoms with E-state index in [4.69, 9.17) is 9.84 Å². The molecule has 0 aliphatic rings. The fraction of sp³-hybridized carbons (Fsp3) is 0.500. The molecule has 0 amide bonds. The number of alkyl halides is 3. The monoisotopic (exact) mass is 266 g/mol. The number of aliphatic hydroxyl groups excluding tert-OH is 1. The van der Waals surface area contributed by atoms with Gasteiger partial charge in [-0.3, -0.25) is 0 Å². The van der Waals surface area contributed by atoms with Gasteiger partial charge in [0.25, 0.3) is 0 Å². The second-order valence-electron chi connectivity index (χ2n) is 4.75. The van der Waals surface area contributed by atoms with E-state index in [1.165, 1.54) is 0 Å². The van der Waals surface area contributed by atoms with Crippen molar-refractivity contribution in [3.05, 3.63) is 29.6 Å². The number of aliphatic hydroxyl groups is 1. The van der Waals surface area contributed by atoms with Crippen molar-refractivity contribution in [2.24, 2.45) is 5.41 Å². The Labute approximate surface area is 102 Å². The van der Waals surface area contributed by atoms with Crippen molar-refractivity contribution in [2.45, 2.75) is 20.0 Å². The van der Waals surface area contributed by atoms with Gasteiger partial charge in [0.1, 0.15) is 11.6 Å². The Balaban J connectivity index is 2.87. The molecule has 1 aromatic carbocycles. The number of halogens is 4. The summed E-state index contributed by atoms with van der Waals surface area (Å²) in [7, 11) is 0. The summed E-state index contributed by atoms with van der Waals surface area (Å²) in [6, 6.07) is 2.45. The highest BCUT2D eigenvalue weighted by molar-refractivity contribution is 5.31. The molecule has 6 heteroatoms. The largest absolute Gasteiger partial charge is 0.493 e. The van der Waals surface area contributed by atoms with Crippen LogP contribution in [0, 0.1) is 11.2 Å². The van der Waals surface area contributed by atoms with E-state index in [2.05, 4.69) is 0 Å². The zero-order chi connectivity index (χ0) is 14.0. The van der Waals surface area contributed by atoms with Crippen LogP contribution in [-0.4, -0.2) is 18.3 Å². The van der Waals surface area contributed by atoms with E-state index in [-0.39, 0.29) is 19.0 Å². The molecule has 0 saturated heterocycles. The van der Waals surface area contributed by atoms with Crippen LogP contribution in [0.5, 0.6) is 5.75 Å². The van der Waals surface area contributed by atoms with Crippen molar-refractivity contribution in [1.82, 2.24) is 0 Å². The molecule has 0 aliphatic heterocycles. The van der Waals surface area contributed by atoms with Gasteiger partial charge in [-0.2, -0.15) is 13.2 Å². The van der Waals surface area contributed by atoms with Crippen molar-refractivity contribution in [3.8, 4) is 5.75 Å². The number of hydrogen-bond donors (Lipinski definition) is 1. The summed E-state index contributed by atoms with van der Waals surface area (Å²) < 4.78 is 55.4. The quantitative estimate of drug-likeness (QED) is 0.848. The molecule has 0 aromatic heterocycles. The Morgan fingerprint density at radius 3 is 2.33 bits per heavy atom. The van der Waals surface area contributed by atoms with Crippen LogP contribution in [0.3, 0.4) is 0 Å². The zero-order valence-electron chi connectivity index (χ0n) is 10.0. The van der Waals surface area contributed by atoms with Gasteiger partial charge in [-0.15, -0.1) is 0 Å². The van der Waals surface area contributed by atoms with Crippen molar-refractivity contribution >= 4 is 0 Å². The van der Waals surface area contributed by atoms with Crippen LogP contribution in [0.15, 0.2) is 18.2 Å². The van der Waals surface area contributed by atoms with Gasteiger partial charge in [-0.05, 0) is 18.2 Å². The minimum absolute atomic E-state index is 0.0342. The fourth-order valence-corrected chi connectivity index (χ4v) is 1.14. The third kappa shape index (κ3) is 3.87. The average Bonchev–Trinajstić information content (AvgIpc) is 2.26. The van der Waals surface area contributed by atoms with Crippen molar-refractivity contribution < 1.29 is 27.4 Å². The molecule has 0 spiro atoms. The molecule has 0 unspecified atom stereocenters. The smallest absolute Gasteiger partial charge is 0.419 e. The van der Waals surface area contributed by atoms with E-state index in [0.717, 1.165) is 6.07 Å². The maximum absolute atomic E-state index is 13.0. The van der Waals surface area contributed by atoms with Gasteiger partial charge in [0.05, 0.1) is 18.8 Å². The molecule has 0 fully saturated rings. The molecule has 102 valence electrons. The summed E-state index contributed by atoms with van der Waals surface area (Å²) in [4.78, 5) is 0. The highest BCUT2D eigenvalue weighted by Crippen LogP contribution is 2.33. The highest BCUT2D eigenvalue weighted by Gasteiger charge is 2.34. The summed E-state index contributed by atoms with van der Waals surface area (Å²) in [5.41, 5.74) is -1.94. The topological polar surface area (TPSA) is 29.5 Å². The molecule has 1 aromatic rings. The molecule has 0 aliphatic carbocycles. The lowest BCUT2D eigenvalue weighted by atomic mass is 9.96. The van der Waals surface area contributed by atoms with E-state index in [1.807, 2.05) is 0 Å². The Hall–Kier alpha value is -1.30. The Morgan fingerprint density at radius 1 is 1.22 bits per heavy atom. The summed E-state index contributed by atoms with van der Waals surface area (Å²) in [5, 5.41) is 8.98. The number of benzene rings is 1. The van der Waals surface area contributed by atoms with Crippen molar-refractivity contribution in [3.63, 3.8) is 0 Å². The number of ether oxygens (including phenoxy) is 1. The molecule has 0 saturated carbocycles. The fourth-order valence-electron chi connectivity index (χ4n) is 1.14. The SMILES string of the molecule is CC(C)(CO)COc1ccc(F)c(C(F)(F)F)c1. The Bertz CT molecular complexity index is 413. The van der Waals surface area contributed by atoms with Crippen LogP contribution in [0.2, 0.25) is 0 Å². The Kier molecular flexibility index (Phi) is 4.21. The molecule has 0 radical (unpaired) electrons. The first kappa shape index (κ1) is 14.8. The Morgan fingerprint density at radius 2 is 1.83 bits per heavy atom. The molecule has 0 heterocycles. The molecule has 2 nitrogen and oxygen atoms in total. The average molecular weight is 266 g/mol. The van der Waals surface area contributed by atoms with Gasteiger partial charge in [0.15, 0.2) is 0 Å². The summed E-state index contributed by atoms with van der Waals surface area (Å²) in [6.45, 7) is 3.26. The van der Waals surface area contributed by atoms with Gasteiger partial charge in [-0.25, -0.2) is 4.39 Å². The van der Waals surface area contributed by atoms with Crippen LogP contribution in [-0.2, 0) is 6.18 Å².